The van der Waals surface area contributed by atoms with Crippen molar-refractivity contribution in [3.05, 3.63) is 36.4 Å². The summed E-state index contributed by atoms with van der Waals surface area (Å²) in [6, 6.07) is 6.64. The van der Waals surface area contributed by atoms with Crippen LogP contribution in [-0.2, 0) is 16.6 Å². The zero-order valence-corrected chi connectivity index (χ0v) is 11.9. The lowest BCUT2D eigenvalue weighted by Crippen LogP contribution is -2.23. The molecule has 8 heteroatoms. The average Bonchev–Trinajstić information content (AvgIpc) is 2.97. The third-order valence-electron chi connectivity index (χ3n) is 2.64. The Morgan fingerprint density at radius 3 is 2.60 bits per heavy atom. The molecule has 0 radical (unpaired) electrons. The fourth-order valence-electron chi connectivity index (χ4n) is 1.58. The molecule has 7 nitrogen and oxygen atoms in total. The van der Waals surface area contributed by atoms with E-state index in [1.54, 1.807) is 24.3 Å². The van der Waals surface area contributed by atoms with Gasteiger partial charge in [0.25, 0.3) is 0 Å². The molecule has 0 fully saturated rings. The average molecular weight is 295 g/mol. The summed E-state index contributed by atoms with van der Waals surface area (Å²) >= 11 is 0. The van der Waals surface area contributed by atoms with Crippen LogP contribution in [0.3, 0.4) is 0 Å². The van der Waals surface area contributed by atoms with Gasteiger partial charge < -0.3 is 5.32 Å². The molecule has 0 unspecified atom stereocenters. The van der Waals surface area contributed by atoms with Gasteiger partial charge in [0.2, 0.25) is 10.0 Å². The highest BCUT2D eigenvalue weighted by molar-refractivity contribution is 7.89. The number of aromatic nitrogens is 3. The van der Waals surface area contributed by atoms with E-state index in [1.165, 1.54) is 6.33 Å². The van der Waals surface area contributed by atoms with E-state index < -0.39 is 10.0 Å². The number of rotatable bonds is 7. The minimum absolute atomic E-state index is 0.0815. The second-order valence-corrected chi connectivity index (χ2v) is 5.97. The van der Waals surface area contributed by atoms with Crippen LogP contribution in [0.5, 0.6) is 0 Å². The van der Waals surface area contributed by atoms with Gasteiger partial charge in [0.05, 0.1) is 11.4 Å². The molecule has 0 aliphatic carbocycles. The highest BCUT2D eigenvalue weighted by atomic mass is 32.2. The van der Waals surface area contributed by atoms with Crippen LogP contribution in [-0.4, -0.2) is 30.1 Å². The molecular weight excluding hydrogens is 278 g/mol. The molecule has 0 amide bonds. The van der Waals surface area contributed by atoms with Gasteiger partial charge in [-0.3, -0.25) is 5.10 Å². The van der Waals surface area contributed by atoms with Gasteiger partial charge in [-0.15, -0.1) is 0 Å². The fourth-order valence-corrected chi connectivity index (χ4v) is 2.57. The number of benzene rings is 1. The van der Waals surface area contributed by atoms with Crippen molar-refractivity contribution in [2.45, 2.75) is 24.8 Å². The molecule has 108 valence electrons. The first-order valence-electron chi connectivity index (χ1n) is 6.29. The van der Waals surface area contributed by atoms with E-state index in [-0.39, 0.29) is 11.4 Å². The maximum Gasteiger partial charge on any atom is 0.240 e. The van der Waals surface area contributed by atoms with E-state index in [0.29, 0.717) is 5.82 Å². The quantitative estimate of drug-likeness (QED) is 0.710. The number of sulfonamides is 1. The molecule has 1 heterocycles. The number of aromatic amines is 1. The number of hydrogen-bond donors (Lipinski definition) is 3. The van der Waals surface area contributed by atoms with Gasteiger partial charge in [0.15, 0.2) is 0 Å². The van der Waals surface area contributed by atoms with Gasteiger partial charge in [-0.25, -0.2) is 18.1 Å². The zero-order valence-electron chi connectivity index (χ0n) is 11.1. The molecule has 0 saturated carbocycles. The maximum absolute atomic E-state index is 12.1. The van der Waals surface area contributed by atoms with Crippen molar-refractivity contribution in [3.63, 3.8) is 0 Å². The highest BCUT2D eigenvalue weighted by Crippen LogP contribution is 2.14. The second kappa shape index (κ2) is 6.49. The summed E-state index contributed by atoms with van der Waals surface area (Å²) in [5.41, 5.74) is 0.904. The van der Waals surface area contributed by atoms with Crippen LogP contribution in [0.2, 0.25) is 0 Å². The number of hydrogen-bond acceptors (Lipinski definition) is 5. The van der Waals surface area contributed by atoms with E-state index in [0.717, 1.165) is 18.7 Å². The predicted octanol–water partition coefficient (Wildman–Crippen LogP) is 1.11. The number of nitrogens with one attached hydrogen (secondary N) is 3. The molecule has 0 bridgehead atoms. The van der Waals surface area contributed by atoms with Crippen LogP contribution in [0.1, 0.15) is 19.2 Å². The topological polar surface area (TPSA) is 99.8 Å². The fraction of sp³-hybridized carbons (Fsp3) is 0.333. The second-order valence-electron chi connectivity index (χ2n) is 4.21. The highest BCUT2D eigenvalue weighted by Gasteiger charge is 2.14. The number of anilines is 1. The van der Waals surface area contributed by atoms with Crippen LogP contribution in [0.25, 0.3) is 0 Å². The summed E-state index contributed by atoms with van der Waals surface area (Å²) in [4.78, 5) is 4.08. The Bertz CT molecular complexity index is 622. The van der Waals surface area contributed by atoms with Gasteiger partial charge in [-0.05, 0) is 30.7 Å². The molecular formula is C12H17N5O2S. The summed E-state index contributed by atoms with van der Waals surface area (Å²) in [7, 11) is -3.54. The van der Waals surface area contributed by atoms with E-state index in [9.17, 15) is 8.42 Å². The Labute approximate surface area is 117 Å². The molecule has 2 rings (SSSR count). The third-order valence-corrected chi connectivity index (χ3v) is 4.06. The molecule has 2 aromatic rings. The molecule has 0 aliphatic rings. The SMILES string of the molecule is CCCNc1ccc(S(=O)(=O)NCc2ncn[nH]2)cc1. The molecule has 20 heavy (non-hydrogen) atoms. The lowest BCUT2D eigenvalue weighted by atomic mass is 10.3. The van der Waals surface area contributed by atoms with E-state index >= 15 is 0 Å². The molecule has 3 N–H and O–H groups in total. The van der Waals surface area contributed by atoms with Crippen molar-refractivity contribution in [2.24, 2.45) is 0 Å². The first-order valence-corrected chi connectivity index (χ1v) is 7.78. The van der Waals surface area contributed by atoms with Crippen molar-refractivity contribution in [1.29, 1.82) is 0 Å². The third kappa shape index (κ3) is 3.78. The van der Waals surface area contributed by atoms with E-state index in [2.05, 4.69) is 32.1 Å². The van der Waals surface area contributed by atoms with Crippen molar-refractivity contribution in [2.75, 3.05) is 11.9 Å². The minimum Gasteiger partial charge on any atom is -0.385 e. The Morgan fingerprint density at radius 1 is 1.25 bits per heavy atom. The Balaban J connectivity index is 2.01. The first-order chi connectivity index (χ1) is 9.62. The van der Waals surface area contributed by atoms with Crippen molar-refractivity contribution < 1.29 is 8.42 Å². The number of H-pyrrole nitrogens is 1. The lowest BCUT2D eigenvalue weighted by Gasteiger charge is -2.07. The van der Waals surface area contributed by atoms with Gasteiger partial charge >= 0.3 is 0 Å². The lowest BCUT2D eigenvalue weighted by molar-refractivity contribution is 0.579. The molecule has 0 atom stereocenters. The molecule has 0 aliphatic heterocycles. The molecule has 1 aromatic heterocycles. The smallest absolute Gasteiger partial charge is 0.240 e. The largest absolute Gasteiger partial charge is 0.385 e. The van der Waals surface area contributed by atoms with Gasteiger partial charge in [0.1, 0.15) is 12.2 Å². The van der Waals surface area contributed by atoms with Crippen molar-refractivity contribution in [3.8, 4) is 0 Å². The zero-order chi connectivity index (χ0) is 14.4. The van der Waals surface area contributed by atoms with Crippen molar-refractivity contribution >= 4 is 15.7 Å². The van der Waals surface area contributed by atoms with Crippen molar-refractivity contribution in [1.82, 2.24) is 19.9 Å². The van der Waals surface area contributed by atoms with Crippen LogP contribution in [0, 0.1) is 0 Å². The standard InChI is InChI=1S/C12H17N5O2S/c1-2-7-13-10-3-5-11(6-4-10)20(18,19)16-8-12-14-9-15-17-12/h3-6,9,13,16H,2,7-8H2,1H3,(H,14,15,17). The monoisotopic (exact) mass is 295 g/mol. The van der Waals surface area contributed by atoms with Crippen LogP contribution < -0.4 is 10.0 Å². The molecule has 1 aromatic carbocycles. The summed E-state index contributed by atoms with van der Waals surface area (Å²) in [6.07, 6.45) is 2.34. The predicted molar refractivity (Wildman–Crippen MR) is 75.6 cm³/mol. The Kier molecular flexibility index (Phi) is 4.70. The van der Waals surface area contributed by atoms with Crippen LogP contribution in [0.4, 0.5) is 5.69 Å². The maximum atomic E-state index is 12.1. The van der Waals surface area contributed by atoms with E-state index in [4.69, 9.17) is 0 Å². The Morgan fingerprint density at radius 2 is 2.00 bits per heavy atom. The van der Waals surface area contributed by atoms with Gasteiger partial charge in [0, 0.05) is 12.2 Å². The summed E-state index contributed by atoms with van der Waals surface area (Å²) in [5, 5.41) is 9.44. The first kappa shape index (κ1) is 14.5. The normalized spacial score (nSPS) is 11.4. The van der Waals surface area contributed by atoms with Gasteiger partial charge in [-0.2, -0.15) is 5.10 Å². The summed E-state index contributed by atoms with van der Waals surface area (Å²) in [6.45, 7) is 3.01. The minimum atomic E-state index is -3.54. The summed E-state index contributed by atoms with van der Waals surface area (Å²) in [5.74, 6) is 0.467. The number of nitrogens with zero attached hydrogens (tertiary/aromatic N) is 2. The van der Waals surface area contributed by atoms with Gasteiger partial charge in [-0.1, -0.05) is 6.92 Å². The van der Waals surface area contributed by atoms with Crippen LogP contribution in [0.15, 0.2) is 35.5 Å². The van der Waals surface area contributed by atoms with E-state index in [1.807, 2.05) is 0 Å². The molecule has 0 spiro atoms. The summed E-state index contributed by atoms with van der Waals surface area (Å²) < 4.78 is 26.6. The Hall–Kier alpha value is -1.93. The molecule has 0 saturated heterocycles. The van der Waals surface area contributed by atoms with Crippen LogP contribution >= 0.6 is 0 Å².